The first-order chi connectivity index (χ1) is 5.27. The van der Waals surface area contributed by atoms with E-state index in [9.17, 15) is 0 Å². The molecule has 11 heavy (non-hydrogen) atoms. The van der Waals surface area contributed by atoms with Gasteiger partial charge in [-0.25, -0.2) is 15.0 Å². The summed E-state index contributed by atoms with van der Waals surface area (Å²) in [6, 6.07) is 0. The average Bonchev–Trinajstić information content (AvgIpc) is 2.36. The molecule has 1 aliphatic heterocycles. The van der Waals surface area contributed by atoms with Gasteiger partial charge in [-0.05, 0) is 0 Å². The summed E-state index contributed by atoms with van der Waals surface area (Å²) in [5.41, 5.74) is 1.28. The van der Waals surface area contributed by atoms with Crippen LogP contribution in [0.2, 0.25) is 0 Å². The zero-order valence-corrected chi connectivity index (χ0v) is 6.86. The van der Waals surface area contributed by atoms with E-state index in [2.05, 4.69) is 33.7 Å². The SMILES string of the molecule is CN1Cc2cncn2CN1C. The monoisotopic (exact) mass is 152 g/mol. The number of rotatable bonds is 0. The van der Waals surface area contributed by atoms with Crippen molar-refractivity contribution >= 4 is 0 Å². The number of hydrogen-bond donors (Lipinski definition) is 0. The highest BCUT2D eigenvalue weighted by molar-refractivity contribution is 4.99. The molecule has 1 aliphatic rings. The van der Waals surface area contributed by atoms with Crippen molar-refractivity contribution in [2.45, 2.75) is 13.2 Å². The number of fused-ring (bicyclic) bond motifs is 1. The lowest BCUT2D eigenvalue weighted by molar-refractivity contribution is -0.0328. The molecule has 0 saturated carbocycles. The molecule has 0 radical (unpaired) electrons. The van der Waals surface area contributed by atoms with Crippen molar-refractivity contribution in [1.82, 2.24) is 19.6 Å². The Balaban J connectivity index is 2.30. The molecule has 0 fully saturated rings. The molecule has 60 valence electrons. The van der Waals surface area contributed by atoms with E-state index in [4.69, 9.17) is 0 Å². The Morgan fingerprint density at radius 1 is 1.36 bits per heavy atom. The van der Waals surface area contributed by atoms with Gasteiger partial charge in [0.1, 0.15) is 0 Å². The standard InChI is InChI=1S/C7H12N4/c1-9-4-7-3-8-5-11(7)6-10(9)2/h3,5H,4,6H2,1-2H3. The van der Waals surface area contributed by atoms with Crippen LogP contribution in [0.3, 0.4) is 0 Å². The first-order valence-electron chi connectivity index (χ1n) is 3.68. The summed E-state index contributed by atoms with van der Waals surface area (Å²) in [6.45, 7) is 1.86. The minimum absolute atomic E-state index is 0.909. The zero-order chi connectivity index (χ0) is 7.84. The van der Waals surface area contributed by atoms with Gasteiger partial charge in [0, 0.05) is 20.3 Å². The molecule has 0 saturated heterocycles. The number of aromatic nitrogens is 2. The van der Waals surface area contributed by atoms with Crippen molar-refractivity contribution in [1.29, 1.82) is 0 Å². The van der Waals surface area contributed by atoms with Crippen molar-refractivity contribution in [3.05, 3.63) is 18.2 Å². The van der Waals surface area contributed by atoms with E-state index in [1.807, 2.05) is 12.5 Å². The molecule has 0 atom stereocenters. The predicted molar refractivity (Wildman–Crippen MR) is 41.5 cm³/mol. The van der Waals surface area contributed by atoms with E-state index in [0.29, 0.717) is 0 Å². The highest BCUT2D eigenvalue weighted by atomic mass is 15.6. The van der Waals surface area contributed by atoms with Crippen molar-refractivity contribution in [3.8, 4) is 0 Å². The third kappa shape index (κ3) is 1.04. The second-order valence-corrected chi connectivity index (χ2v) is 2.97. The van der Waals surface area contributed by atoms with Crippen LogP contribution in [0.5, 0.6) is 0 Å². The molecule has 1 aromatic heterocycles. The molecule has 0 aromatic carbocycles. The normalized spacial score (nSPS) is 20.2. The fourth-order valence-corrected chi connectivity index (χ4v) is 1.29. The van der Waals surface area contributed by atoms with Crippen LogP contribution in [0.25, 0.3) is 0 Å². The summed E-state index contributed by atoms with van der Waals surface area (Å²) in [6.07, 6.45) is 3.79. The summed E-state index contributed by atoms with van der Waals surface area (Å²) in [4.78, 5) is 4.08. The molecule has 0 amide bonds. The quantitative estimate of drug-likeness (QED) is 0.528. The third-order valence-electron chi connectivity index (χ3n) is 2.13. The minimum Gasteiger partial charge on any atom is -0.318 e. The second kappa shape index (κ2) is 2.32. The van der Waals surface area contributed by atoms with Gasteiger partial charge in [-0.3, -0.25) is 0 Å². The first kappa shape index (κ1) is 6.82. The smallest absolute Gasteiger partial charge is 0.0960 e. The molecule has 0 aliphatic carbocycles. The van der Waals surface area contributed by atoms with Gasteiger partial charge in [-0.1, -0.05) is 0 Å². The number of nitrogens with zero attached hydrogens (tertiary/aromatic N) is 4. The molecule has 2 heterocycles. The van der Waals surface area contributed by atoms with E-state index in [0.717, 1.165) is 13.2 Å². The summed E-state index contributed by atoms with van der Waals surface area (Å²) >= 11 is 0. The van der Waals surface area contributed by atoms with E-state index in [1.165, 1.54) is 5.69 Å². The van der Waals surface area contributed by atoms with Crippen LogP contribution >= 0.6 is 0 Å². The van der Waals surface area contributed by atoms with Crippen LogP contribution in [0.15, 0.2) is 12.5 Å². The average molecular weight is 152 g/mol. The van der Waals surface area contributed by atoms with Gasteiger partial charge < -0.3 is 4.57 Å². The van der Waals surface area contributed by atoms with Gasteiger partial charge in [0.25, 0.3) is 0 Å². The van der Waals surface area contributed by atoms with E-state index < -0.39 is 0 Å². The van der Waals surface area contributed by atoms with Crippen molar-refractivity contribution in [3.63, 3.8) is 0 Å². The molecular weight excluding hydrogens is 140 g/mol. The van der Waals surface area contributed by atoms with Crippen molar-refractivity contribution in [2.75, 3.05) is 14.1 Å². The molecule has 4 nitrogen and oxygen atoms in total. The Labute approximate surface area is 66.0 Å². The van der Waals surface area contributed by atoms with Crippen LogP contribution in [0.4, 0.5) is 0 Å². The van der Waals surface area contributed by atoms with Crippen LogP contribution in [-0.2, 0) is 13.2 Å². The van der Waals surface area contributed by atoms with Gasteiger partial charge in [0.05, 0.1) is 25.2 Å². The summed E-state index contributed by atoms with van der Waals surface area (Å²) < 4.78 is 2.15. The second-order valence-electron chi connectivity index (χ2n) is 2.97. The van der Waals surface area contributed by atoms with Crippen LogP contribution in [-0.4, -0.2) is 33.7 Å². The Hall–Kier alpha value is -0.870. The lowest BCUT2D eigenvalue weighted by Crippen LogP contribution is -2.42. The van der Waals surface area contributed by atoms with Gasteiger partial charge in [-0.2, -0.15) is 0 Å². The number of imidazole rings is 1. The molecular formula is C7H12N4. The summed E-state index contributed by atoms with van der Waals surface area (Å²) in [5.74, 6) is 0. The lowest BCUT2D eigenvalue weighted by Gasteiger charge is -2.33. The van der Waals surface area contributed by atoms with Gasteiger partial charge >= 0.3 is 0 Å². The van der Waals surface area contributed by atoms with E-state index >= 15 is 0 Å². The molecule has 0 unspecified atom stereocenters. The van der Waals surface area contributed by atoms with E-state index in [1.54, 1.807) is 0 Å². The maximum atomic E-state index is 4.08. The van der Waals surface area contributed by atoms with Gasteiger partial charge in [0.2, 0.25) is 0 Å². The molecule has 1 aromatic rings. The van der Waals surface area contributed by atoms with Crippen molar-refractivity contribution in [2.24, 2.45) is 0 Å². The highest BCUT2D eigenvalue weighted by Gasteiger charge is 2.16. The zero-order valence-electron chi connectivity index (χ0n) is 6.86. The highest BCUT2D eigenvalue weighted by Crippen LogP contribution is 2.11. The largest absolute Gasteiger partial charge is 0.318 e. The maximum absolute atomic E-state index is 4.08. The Kier molecular flexibility index (Phi) is 1.44. The fourth-order valence-electron chi connectivity index (χ4n) is 1.29. The van der Waals surface area contributed by atoms with Crippen LogP contribution in [0, 0.1) is 0 Å². The fraction of sp³-hybridized carbons (Fsp3) is 0.571. The van der Waals surface area contributed by atoms with E-state index in [-0.39, 0.29) is 0 Å². The first-order valence-corrected chi connectivity index (χ1v) is 3.68. The number of hydrazine groups is 1. The molecule has 2 rings (SSSR count). The summed E-state index contributed by atoms with van der Waals surface area (Å²) in [7, 11) is 4.15. The van der Waals surface area contributed by atoms with Crippen LogP contribution in [0.1, 0.15) is 5.69 Å². The van der Waals surface area contributed by atoms with Crippen LogP contribution < -0.4 is 0 Å². The van der Waals surface area contributed by atoms with Crippen molar-refractivity contribution < 1.29 is 0 Å². The maximum Gasteiger partial charge on any atom is 0.0960 e. The third-order valence-corrected chi connectivity index (χ3v) is 2.13. The summed E-state index contributed by atoms with van der Waals surface area (Å²) in [5, 5.41) is 4.34. The Morgan fingerprint density at radius 2 is 2.18 bits per heavy atom. The van der Waals surface area contributed by atoms with Gasteiger partial charge in [0.15, 0.2) is 0 Å². The Morgan fingerprint density at radius 3 is 3.00 bits per heavy atom. The lowest BCUT2D eigenvalue weighted by atomic mass is 10.4. The topological polar surface area (TPSA) is 24.3 Å². The Bertz CT molecular complexity index is 230. The molecule has 0 N–H and O–H groups in total. The predicted octanol–water partition coefficient (Wildman–Crippen LogP) is 0.133. The van der Waals surface area contributed by atoms with Gasteiger partial charge in [-0.15, -0.1) is 0 Å². The molecule has 0 bridgehead atoms. The molecule has 4 heteroatoms. The minimum atomic E-state index is 0.909. The number of hydrogen-bond acceptors (Lipinski definition) is 3. The molecule has 0 spiro atoms.